The fourth-order valence-electron chi connectivity index (χ4n) is 4.10. The Morgan fingerprint density at radius 3 is 2.54 bits per heavy atom. The second-order valence-electron chi connectivity index (χ2n) is 7.61. The molecule has 1 amide bonds. The van der Waals surface area contributed by atoms with E-state index in [2.05, 4.69) is 59.7 Å². The Balaban J connectivity index is 1.56. The largest absolute Gasteiger partial charge is 0.309 e. The maximum absolute atomic E-state index is 12.3. The molecule has 4 rings (SSSR count). The lowest BCUT2D eigenvalue weighted by Crippen LogP contribution is -2.15. The smallest absolute Gasteiger partial charge is 0.225 e. The van der Waals surface area contributed by atoms with E-state index in [0.717, 1.165) is 16.5 Å². The number of nitrogens with one attached hydrogen (secondary N) is 2. The summed E-state index contributed by atoms with van der Waals surface area (Å²) in [7, 11) is 0. The van der Waals surface area contributed by atoms with E-state index >= 15 is 0 Å². The Morgan fingerprint density at radius 2 is 1.81 bits per heavy atom. The van der Waals surface area contributed by atoms with E-state index < -0.39 is 0 Å². The molecule has 26 heavy (non-hydrogen) atoms. The Bertz CT molecular complexity index is 931. The first-order valence-electron chi connectivity index (χ1n) is 9.45. The van der Waals surface area contributed by atoms with Gasteiger partial charge in [-0.15, -0.1) is 0 Å². The number of carbonyl (C=O) groups excluding carboxylic acids is 1. The molecule has 0 aliphatic heterocycles. The van der Waals surface area contributed by atoms with E-state index in [-0.39, 0.29) is 5.91 Å². The van der Waals surface area contributed by atoms with E-state index in [9.17, 15) is 4.79 Å². The normalized spacial score (nSPS) is 14.8. The molecule has 1 saturated carbocycles. The van der Waals surface area contributed by atoms with Gasteiger partial charge in [-0.3, -0.25) is 9.89 Å². The number of fused-ring (bicyclic) bond motifs is 1. The highest BCUT2D eigenvalue weighted by molar-refractivity contribution is 6.00. The van der Waals surface area contributed by atoms with Gasteiger partial charge in [0.05, 0.1) is 5.52 Å². The van der Waals surface area contributed by atoms with Crippen LogP contribution in [0.15, 0.2) is 36.4 Å². The van der Waals surface area contributed by atoms with Crippen molar-refractivity contribution in [3.05, 3.63) is 47.5 Å². The second-order valence-corrected chi connectivity index (χ2v) is 7.61. The summed E-state index contributed by atoms with van der Waals surface area (Å²) in [5.74, 6) is 1.25. The van der Waals surface area contributed by atoms with Crippen molar-refractivity contribution in [2.45, 2.75) is 46.0 Å². The molecule has 0 saturated heterocycles. The molecule has 1 aromatic heterocycles. The highest BCUT2D eigenvalue weighted by Gasteiger charge is 2.19. The molecule has 1 fully saturated rings. The van der Waals surface area contributed by atoms with Gasteiger partial charge < -0.3 is 5.32 Å². The first-order chi connectivity index (χ1) is 12.6. The molecular weight excluding hydrogens is 322 g/mol. The van der Waals surface area contributed by atoms with Gasteiger partial charge in [0.15, 0.2) is 5.82 Å². The van der Waals surface area contributed by atoms with E-state index in [0.29, 0.717) is 18.2 Å². The Labute approximate surface area is 154 Å². The summed E-state index contributed by atoms with van der Waals surface area (Å²) in [5, 5.41) is 11.3. The van der Waals surface area contributed by atoms with Crippen LogP contribution in [0.1, 0.15) is 43.2 Å². The molecule has 134 valence electrons. The Kier molecular flexibility index (Phi) is 4.49. The molecule has 4 nitrogen and oxygen atoms in total. The van der Waals surface area contributed by atoms with Crippen LogP contribution in [0.5, 0.6) is 0 Å². The molecule has 1 aliphatic carbocycles. The number of benzene rings is 2. The van der Waals surface area contributed by atoms with E-state index in [1.165, 1.54) is 42.4 Å². The number of rotatable bonds is 4. The first kappa shape index (κ1) is 16.8. The number of nitrogens with zero attached hydrogens (tertiary/aromatic N) is 1. The minimum absolute atomic E-state index is 0.0729. The third-order valence-electron chi connectivity index (χ3n) is 5.32. The molecule has 4 heteroatoms. The SMILES string of the molecule is Cc1cc(C)cc(-c2ccc3c(NC(=O)CC4CCCC4)n[nH]c3c2)c1. The maximum atomic E-state index is 12.3. The number of aromatic amines is 1. The van der Waals surface area contributed by atoms with Gasteiger partial charge in [0.25, 0.3) is 0 Å². The zero-order valence-electron chi connectivity index (χ0n) is 15.4. The summed E-state index contributed by atoms with van der Waals surface area (Å²) in [6.07, 6.45) is 5.46. The van der Waals surface area contributed by atoms with Crippen LogP contribution < -0.4 is 5.32 Å². The van der Waals surface area contributed by atoms with Crippen molar-refractivity contribution in [3.8, 4) is 11.1 Å². The molecule has 0 bridgehead atoms. The summed E-state index contributed by atoms with van der Waals surface area (Å²) in [6.45, 7) is 4.23. The molecule has 0 radical (unpaired) electrons. The second kappa shape index (κ2) is 6.94. The van der Waals surface area contributed by atoms with E-state index in [4.69, 9.17) is 0 Å². The predicted octanol–water partition coefficient (Wildman–Crippen LogP) is 5.37. The number of carbonyl (C=O) groups is 1. The van der Waals surface area contributed by atoms with Crippen molar-refractivity contribution in [2.75, 3.05) is 5.32 Å². The van der Waals surface area contributed by atoms with Gasteiger partial charge in [-0.1, -0.05) is 48.2 Å². The third kappa shape index (κ3) is 3.50. The lowest BCUT2D eigenvalue weighted by molar-refractivity contribution is -0.117. The molecule has 1 heterocycles. The third-order valence-corrected chi connectivity index (χ3v) is 5.32. The van der Waals surface area contributed by atoms with Crippen molar-refractivity contribution in [1.82, 2.24) is 10.2 Å². The highest BCUT2D eigenvalue weighted by atomic mass is 16.1. The summed E-state index contributed by atoms with van der Waals surface area (Å²) in [4.78, 5) is 12.3. The molecule has 1 aliphatic rings. The minimum Gasteiger partial charge on any atom is -0.309 e. The highest BCUT2D eigenvalue weighted by Crippen LogP contribution is 2.30. The van der Waals surface area contributed by atoms with Crippen molar-refractivity contribution < 1.29 is 4.79 Å². The van der Waals surface area contributed by atoms with Crippen LogP contribution in [0.2, 0.25) is 0 Å². The van der Waals surface area contributed by atoms with Crippen LogP contribution in [0.4, 0.5) is 5.82 Å². The molecule has 0 unspecified atom stereocenters. The molecule has 3 aromatic rings. The average molecular weight is 347 g/mol. The van der Waals surface area contributed by atoms with Crippen molar-refractivity contribution in [3.63, 3.8) is 0 Å². The topological polar surface area (TPSA) is 57.8 Å². The Hall–Kier alpha value is -2.62. The van der Waals surface area contributed by atoms with E-state index in [1.807, 2.05) is 6.07 Å². The zero-order chi connectivity index (χ0) is 18.1. The molecular formula is C22H25N3O. The zero-order valence-corrected chi connectivity index (χ0v) is 15.4. The number of aromatic nitrogens is 2. The monoisotopic (exact) mass is 347 g/mol. The standard InChI is InChI=1S/C22H25N3O/c1-14-9-15(2)11-18(10-14)17-7-8-19-20(13-17)24-25-22(19)23-21(26)12-16-5-3-4-6-16/h7-11,13,16H,3-6,12H2,1-2H3,(H2,23,24,25,26). The van der Waals surface area contributed by atoms with Crippen LogP contribution in [-0.4, -0.2) is 16.1 Å². The minimum atomic E-state index is 0.0729. The average Bonchev–Trinajstić information content (AvgIpc) is 3.24. The van der Waals surface area contributed by atoms with Gasteiger partial charge in [0.1, 0.15) is 0 Å². The number of hydrogen-bond donors (Lipinski definition) is 2. The van der Waals surface area contributed by atoms with Gasteiger partial charge in [-0.25, -0.2) is 0 Å². The fourth-order valence-corrected chi connectivity index (χ4v) is 4.10. The fraction of sp³-hybridized carbons (Fsp3) is 0.364. The van der Waals surface area contributed by atoms with Crippen LogP contribution in [0.3, 0.4) is 0 Å². The van der Waals surface area contributed by atoms with Crippen LogP contribution >= 0.6 is 0 Å². The van der Waals surface area contributed by atoms with Crippen LogP contribution in [0.25, 0.3) is 22.0 Å². The first-order valence-corrected chi connectivity index (χ1v) is 9.45. The lowest BCUT2D eigenvalue weighted by atomic mass is 10.00. The molecule has 2 aromatic carbocycles. The van der Waals surface area contributed by atoms with Gasteiger partial charge in [-0.2, -0.15) is 5.10 Å². The van der Waals surface area contributed by atoms with Gasteiger partial charge in [0.2, 0.25) is 5.91 Å². The summed E-state index contributed by atoms with van der Waals surface area (Å²) < 4.78 is 0. The summed E-state index contributed by atoms with van der Waals surface area (Å²) in [6, 6.07) is 12.8. The van der Waals surface area contributed by atoms with E-state index in [1.54, 1.807) is 0 Å². The summed E-state index contributed by atoms with van der Waals surface area (Å²) in [5.41, 5.74) is 5.80. The number of anilines is 1. The molecule has 2 N–H and O–H groups in total. The number of amides is 1. The van der Waals surface area contributed by atoms with Crippen LogP contribution in [0, 0.1) is 19.8 Å². The lowest BCUT2D eigenvalue weighted by Gasteiger charge is -2.08. The maximum Gasteiger partial charge on any atom is 0.225 e. The van der Waals surface area contributed by atoms with Gasteiger partial charge in [0, 0.05) is 11.8 Å². The Morgan fingerprint density at radius 1 is 1.08 bits per heavy atom. The summed E-state index contributed by atoms with van der Waals surface area (Å²) >= 11 is 0. The molecule has 0 atom stereocenters. The molecule has 0 spiro atoms. The number of aryl methyl sites for hydroxylation is 2. The van der Waals surface area contributed by atoms with Crippen LogP contribution in [-0.2, 0) is 4.79 Å². The quantitative estimate of drug-likeness (QED) is 0.667. The van der Waals surface area contributed by atoms with Gasteiger partial charge in [-0.05, 0) is 55.9 Å². The van der Waals surface area contributed by atoms with Crippen molar-refractivity contribution in [2.24, 2.45) is 5.92 Å². The predicted molar refractivity (Wildman–Crippen MR) is 106 cm³/mol. The van der Waals surface area contributed by atoms with Crippen molar-refractivity contribution >= 4 is 22.6 Å². The number of hydrogen-bond acceptors (Lipinski definition) is 2. The van der Waals surface area contributed by atoms with Crippen molar-refractivity contribution in [1.29, 1.82) is 0 Å². The van der Waals surface area contributed by atoms with Gasteiger partial charge >= 0.3 is 0 Å². The number of H-pyrrole nitrogens is 1.